The number of aliphatic hydroxyl groups is 2. The van der Waals surface area contributed by atoms with Crippen molar-refractivity contribution in [2.24, 2.45) is 0 Å². The van der Waals surface area contributed by atoms with Crippen molar-refractivity contribution in [3.05, 3.63) is 73.1 Å². The number of aromatic hydroxyl groups is 1. The van der Waals surface area contributed by atoms with Crippen molar-refractivity contribution >= 4 is 22.5 Å². The summed E-state index contributed by atoms with van der Waals surface area (Å²) in [5.41, 5.74) is -1.39. The minimum absolute atomic E-state index is 0.00321. The second-order valence-corrected chi connectivity index (χ2v) is 16.9. The van der Waals surface area contributed by atoms with Crippen LogP contribution in [0.4, 0.5) is 0 Å². The first-order valence-corrected chi connectivity index (χ1v) is 18.7. The van der Waals surface area contributed by atoms with Gasteiger partial charge < -0.3 is 48.5 Å². The van der Waals surface area contributed by atoms with Crippen LogP contribution in [-0.2, 0) is 24.5 Å². The number of phenols is 1. The highest BCUT2D eigenvalue weighted by Gasteiger charge is 2.66. The number of phenolic OH excluding ortho intramolecular Hbond substituents is 1. The number of hydrogen-bond acceptors (Lipinski definition) is 13. The number of carbonyl (C=O) groups excluding carboxylic acids is 2. The van der Waals surface area contributed by atoms with Gasteiger partial charge in [-0.1, -0.05) is 0 Å². The molecule has 4 fully saturated rings. The van der Waals surface area contributed by atoms with Crippen LogP contribution in [0.5, 0.6) is 5.75 Å². The Labute approximate surface area is 313 Å². The molecule has 3 N–H and O–H groups in total. The van der Waals surface area contributed by atoms with E-state index in [9.17, 15) is 24.9 Å². The van der Waals surface area contributed by atoms with Gasteiger partial charge in [-0.15, -0.1) is 0 Å². The Hall–Kier alpha value is -3.53. The van der Waals surface area contributed by atoms with E-state index in [1.165, 1.54) is 12.1 Å². The van der Waals surface area contributed by atoms with Gasteiger partial charge in [-0.3, -0.25) is 14.4 Å². The van der Waals surface area contributed by atoms with Gasteiger partial charge in [0.15, 0.2) is 16.8 Å². The summed E-state index contributed by atoms with van der Waals surface area (Å²) in [4.78, 5) is 47.7. The van der Waals surface area contributed by atoms with Crippen molar-refractivity contribution in [2.45, 2.75) is 127 Å². The average Bonchev–Trinajstić information content (AvgIpc) is 4.01. The van der Waals surface area contributed by atoms with Gasteiger partial charge in [0.25, 0.3) is 0 Å². The zero-order valence-corrected chi connectivity index (χ0v) is 32.4. The van der Waals surface area contributed by atoms with Crippen LogP contribution in [0.1, 0.15) is 114 Å². The molecule has 3 aromatic rings. The fourth-order valence-electron chi connectivity index (χ4n) is 9.24. The van der Waals surface area contributed by atoms with Crippen LogP contribution >= 0.6 is 0 Å². The van der Waals surface area contributed by atoms with E-state index in [0.717, 1.165) is 0 Å². The first kappa shape index (κ1) is 37.4. The van der Waals surface area contributed by atoms with Crippen molar-refractivity contribution in [3.63, 3.8) is 0 Å². The first-order chi connectivity index (χ1) is 25.3. The largest absolute Gasteiger partial charge is 0.507 e. The van der Waals surface area contributed by atoms with E-state index in [1.807, 2.05) is 51.8 Å². The molecule has 0 saturated carbocycles. The van der Waals surface area contributed by atoms with Crippen LogP contribution in [0.25, 0.3) is 11.0 Å². The van der Waals surface area contributed by atoms with Gasteiger partial charge >= 0.3 is 0 Å². The fraction of sp³-hybridized carbons (Fsp3) is 0.585. The second kappa shape index (κ2) is 12.5. The summed E-state index contributed by atoms with van der Waals surface area (Å²) < 4.78 is 30.9. The third kappa shape index (κ3) is 5.38. The molecular weight excluding hydrogens is 696 g/mol. The summed E-state index contributed by atoms with van der Waals surface area (Å²) in [5.74, 6) is -1.42. The minimum atomic E-state index is -0.970. The molecule has 2 aromatic carbocycles. The van der Waals surface area contributed by atoms with Crippen molar-refractivity contribution in [3.8, 4) is 5.75 Å². The summed E-state index contributed by atoms with van der Waals surface area (Å²) in [6.45, 7) is 10.9. The molecule has 0 amide bonds. The SMILES string of the molecule is Cc1cc2c(c3oc([C@]4(C)O[C@H]4[C@@H]4O[C@H]4C)cc(=O)c13)C(=O)c1c(O)c([C@H]3C[C@](C)(N(C)C)[C@H](O)[C@@H](C)O3)cc([C@H]3CC(N(C)C)[C@H](O)[C@@H](C)O3)c1C2=O. The molecule has 290 valence electrons. The molecule has 4 aliphatic heterocycles. The van der Waals surface area contributed by atoms with Crippen LogP contribution < -0.4 is 5.43 Å². The maximum Gasteiger partial charge on any atom is 0.202 e. The number of rotatable bonds is 6. The second-order valence-electron chi connectivity index (χ2n) is 16.9. The van der Waals surface area contributed by atoms with E-state index >= 15 is 4.79 Å². The van der Waals surface area contributed by atoms with E-state index in [2.05, 4.69) is 0 Å². The molecule has 13 nitrogen and oxygen atoms in total. The van der Waals surface area contributed by atoms with Gasteiger partial charge in [0.2, 0.25) is 5.78 Å². The number of likely N-dealkylation sites (N-methyl/N-ethyl adjacent to an activating group) is 2. The number of ether oxygens (including phenoxy) is 4. The average molecular weight is 747 g/mol. The predicted octanol–water partition coefficient (Wildman–Crippen LogP) is 3.66. The minimum Gasteiger partial charge on any atom is -0.507 e. The molecule has 0 bridgehead atoms. The van der Waals surface area contributed by atoms with Gasteiger partial charge in [-0.25, -0.2) is 0 Å². The number of aliphatic hydroxyl groups excluding tert-OH is 2. The van der Waals surface area contributed by atoms with Crippen LogP contribution in [0, 0.1) is 6.92 Å². The van der Waals surface area contributed by atoms with Crippen molar-refractivity contribution in [2.75, 3.05) is 28.2 Å². The normalized spacial score (nSPS) is 37.5. The Morgan fingerprint density at radius 1 is 0.815 bits per heavy atom. The van der Waals surface area contributed by atoms with E-state index in [-0.39, 0.29) is 87.2 Å². The lowest BCUT2D eigenvalue weighted by atomic mass is 9.74. The molecule has 5 aliphatic rings. The number of hydrogen-bond donors (Lipinski definition) is 3. The van der Waals surface area contributed by atoms with Crippen molar-refractivity contribution in [1.29, 1.82) is 0 Å². The number of aryl methyl sites for hydroxylation is 1. The van der Waals surface area contributed by atoms with Gasteiger partial charge in [0, 0.05) is 34.3 Å². The monoisotopic (exact) mass is 746 g/mol. The molecule has 0 radical (unpaired) electrons. The number of benzene rings is 2. The number of carbonyl (C=O) groups is 2. The standard InChI is InChI=1S/C41H50N2O11/c1-16-11-22-30(37-28(16)24(44)14-27(53-37)41(6)39(54-41)36-18(3)52-36)35(48)31-29(34(22)47)20(25-13-23(42(7)8)32(45)17(2)50-25)12-21(33(31)46)26-15-40(5,43(9)10)38(49)19(4)51-26/h11-12,14,17-19,23,25-26,32,36,38-39,45-46,49H,13,15H2,1-10H3/t17-,18+,19-,23?,25-,26-,32-,36-,38-,39+,40+,41+/m1/s1. The number of nitrogens with zero attached hydrogens (tertiary/aromatic N) is 2. The zero-order chi connectivity index (χ0) is 39.1. The highest BCUT2D eigenvalue weighted by molar-refractivity contribution is 6.33. The quantitative estimate of drug-likeness (QED) is 0.244. The van der Waals surface area contributed by atoms with Gasteiger partial charge in [-0.2, -0.15) is 0 Å². The highest BCUT2D eigenvalue weighted by atomic mass is 16.7. The van der Waals surface area contributed by atoms with Crippen LogP contribution in [-0.4, -0.2) is 119 Å². The highest BCUT2D eigenvalue weighted by Crippen LogP contribution is 2.54. The lowest BCUT2D eigenvalue weighted by Crippen LogP contribution is -2.59. The number of ketones is 2. The molecule has 13 heteroatoms. The molecule has 8 rings (SSSR count). The van der Waals surface area contributed by atoms with E-state index < -0.39 is 65.1 Å². The Kier molecular flexibility index (Phi) is 8.65. The molecule has 1 unspecified atom stereocenters. The lowest BCUT2D eigenvalue weighted by Gasteiger charge is -2.49. The first-order valence-electron chi connectivity index (χ1n) is 18.7. The summed E-state index contributed by atoms with van der Waals surface area (Å²) in [6.07, 6.45) is -4.44. The predicted molar refractivity (Wildman–Crippen MR) is 196 cm³/mol. The Morgan fingerprint density at radius 3 is 2.11 bits per heavy atom. The third-order valence-electron chi connectivity index (χ3n) is 13.0. The summed E-state index contributed by atoms with van der Waals surface area (Å²) in [5, 5.41) is 34.7. The van der Waals surface area contributed by atoms with Crippen molar-refractivity contribution in [1.82, 2.24) is 9.80 Å². The summed E-state index contributed by atoms with van der Waals surface area (Å²) in [6, 6.07) is 4.26. The molecule has 54 heavy (non-hydrogen) atoms. The lowest BCUT2D eigenvalue weighted by molar-refractivity contribution is -0.176. The Morgan fingerprint density at radius 2 is 1.48 bits per heavy atom. The Balaban J connectivity index is 1.34. The maximum absolute atomic E-state index is 15.1. The van der Waals surface area contributed by atoms with E-state index in [4.69, 9.17) is 23.4 Å². The molecule has 0 spiro atoms. The summed E-state index contributed by atoms with van der Waals surface area (Å²) >= 11 is 0. The fourth-order valence-corrected chi connectivity index (χ4v) is 9.24. The zero-order valence-electron chi connectivity index (χ0n) is 32.4. The number of epoxide rings is 2. The van der Waals surface area contributed by atoms with E-state index in [0.29, 0.717) is 11.1 Å². The third-order valence-corrected chi connectivity index (χ3v) is 13.0. The molecule has 4 saturated heterocycles. The Bertz CT molecular complexity index is 2160. The van der Waals surface area contributed by atoms with E-state index in [1.54, 1.807) is 33.8 Å². The number of fused-ring (bicyclic) bond motifs is 4. The topological polar surface area (TPSA) is 175 Å². The van der Waals surface area contributed by atoms with Crippen LogP contribution in [0.3, 0.4) is 0 Å². The van der Waals surface area contributed by atoms with Crippen LogP contribution in [0.2, 0.25) is 0 Å². The maximum atomic E-state index is 15.1. The molecule has 1 aliphatic carbocycles. The van der Waals surface area contributed by atoms with Gasteiger partial charge in [0.1, 0.15) is 29.3 Å². The van der Waals surface area contributed by atoms with Gasteiger partial charge in [0.05, 0.1) is 59.2 Å². The molecule has 1 aromatic heterocycles. The molecular formula is C41H50N2O11. The molecule has 5 heterocycles. The smallest absolute Gasteiger partial charge is 0.202 e. The summed E-state index contributed by atoms with van der Waals surface area (Å²) in [7, 11) is 7.45. The molecule has 12 atom stereocenters. The van der Waals surface area contributed by atoms with Crippen molar-refractivity contribution < 1.29 is 48.3 Å². The van der Waals surface area contributed by atoms with Gasteiger partial charge in [-0.05, 0) is 106 Å². The van der Waals surface area contributed by atoms with Crippen LogP contribution in [0.15, 0.2) is 27.4 Å².